The zero-order valence-corrected chi connectivity index (χ0v) is 10.3. The first-order valence-corrected chi connectivity index (χ1v) is 5.47. The Balaban J connectivity index is 4.03. The van der Waals surface area contributed by atoms with E-state index in [1.807, 2.05) is 13.8 Å². The second-order valence-corrected chi connectivity index (χ2v) is 4.00. The highest BCUT2D eigenvalue weighted by Crippen LogP contribution is 2.03. The highest BCUT2D eigenvalue weighted by molar-refractivity contribution is 5.76. The molecule has 1 amide bonds. The first-order chi connectivity index (χ1) is 7.49. The maximum absolute atomic E-state index is 11.8. The van der Waals surface area contributed by atoms with E-state index in [1.165, 1.54) is 0 Å². The van der Waals surface area contributed by atoms with Crippen LogP contribution < -0.4 is 0 Å². The van der Waals surface area contributed by atoms with Crippen molar-refractivity contribution in [2.24, 2.45) is 0 Å². The van der Waals surface area contributed by atoms with Crippen LogP contribution in [0, 0.1) is 12.3 Å². The minimum atomic E-state index is -0.516. The Morgan fingerprint density at radius 2 is 2.12 bits per heavy atom. The lowest BCUT2D eigenvalue weighted by molar-refractivity contribution is -0.135. The average molecular weight is 227 g/mol. The molecular formula is C12H21NO3. The number of hydrogen-bond acceptors (Lipinski definition) is 3. The summed E-state index contributed by atoms with van der Waals surface area (Å²) in [6.45, 7) is 6.41. The second kappa shape index (κ2) is 8.14. The summed E-state index contributed by atoms with van der Waals surface area (Å²) >= 11 is 0. The number of aliphatic hydroxyl groups excluding tert-OH is 1. The Hall–Kier alpha value is -1.05. The van der Waals surface area contributed by atoms with Crippen LogP contribution in [-0.4, -0.2) is 47.8 Å². The molecule has 1 atom stereocenters. The van der Waals surface area contributed by atoms with E-state index in [9.17, 15) is 9.90 Å². The third-order valence-electron chi connectivity index (χ3n) is 2.05. The number of carbonyl (C=O) groups excluding carboxylic acids is 1. The number of amides is 1. The summed E-state index contributed by atoms with van der Waals surface area (Å²) in [7, 11) is 0. The molecule has 0 aliphatic rings. The lowest BCUT2D eigenvalue weighted by Crippen LogP contribution is -2.41. The van der Waals surface area contributed by atoms with Crippen molar-refractivity contribution in [3.05, 3.63) is 0 Å². The van der Waals surface area contributed by atoms with Gasteiger partial charge in [0.2, 0.25) is 5.91 Å². The maximum atomic E-state index is 11.8. The van der Waals surface area contributed by atoms with Gasteiger partial charge in [-0.2, -0.15) is 0 Å². The standard InChI is InChI=1S/C12H21NO3/c1-5-7-16-8-6-12(15)13(10(2)3)9-11(4)14/h1,10-11,14H,6-9H2,2-4H3. The van der Waals surface area contributed by atoms with Crippen LogP contribution in [0.4, 0.5) is 0 Å². The number of nitrogens with zero attached hydrogens (tertiary/aromatic N) is 1. The van der Waals surface area contributed by atoms with Gasteiger partial charge in [-0.25, -0.2) is 0 Å². The van der Waals surface area contributed by atoms with Gasteiger partial charge in [-0.1, -0.05) is 5.92 Å². The van der Waals surface area contributed by atoms with Crippen LogP contribution in [0.2, 0.25) is 0 Å². The SMILES string of the molecule is C#CCOCCC(=O)N(CC(C)O)C(C)C. The van der Waals surface area contributed by atoms with E-state index in [0.29, 0.717) is 19.6 Å². The molecule has 0 aliphatic carbocycles. The Morgan fingerprint density at radius 3 is 2.56 bits per heavy atom. The first kappa shape index (κ1) is 14.9. The number of hydrogen-bond donors (Lipinski definition) is 1. The molecule has 16 heavy (non-hydrogen) atoms. The van der Waals surface area contributed by atoms with Crippen LogP contribution in [0.1, 0.15) is 27.2 Å². The fourth-order valence-corrected chi connectivity index (χ4v) is 1.32. The molecule has 0 fully saturated rings. The quantitative estimate of drug-likeness (QED) is 0.513. The molecule has 0 radical (unpaired) electrons. The summed E-state index contributed by atoms with van der Waals surface area (Å²) in [5, 5.41) is 9.28. The van der Waals surface area contributed by atoms with E-state index < -0.39 is 6.10 Å². The molecule has 0 aromatic carbocycles. The molecule has 0 aromatic heterocycles. The van der Waals surface area contributed by atoms with Crippen LogP contribution in [0.3, 0.4) is 0 Å². The molecule has 0 rings (SSSR count). The summed E-state index contributed by atoms with van der Waals surface area (Å²) in [5.41, 5.74) is 0. The fourth-order valence-electron chi connectivity index (χ4n) is 1.32. The van der Waals surface area contributed by atoms with Crippen molar-refractivity contribution in [1.82, 2.24) is 4.90 Å². The van der Waals surface area contributed by atoms with Crippen molar-refractivity contribution in [2.45, 2.75) is 39.3 Å². The van der Waals surface area contributed by atoms with E-state index in [0.717, 1.165) is 0 Å². The van der Waals surface area contributed by atoms with Crippen molar-refractivity contribution in [2.75, 3.05) is 19.8 Å². The van der Waals surface area contributed by atoms with Crippen LogP contribution in [0.5, 0.6) is 0 Å². The second-order valence-electron chi connectivity index (χ2n) is 4.00. The summed E-state index contributed by atoms with van der Waals surface area (Å²) in [4.78, 5) is 13.4. The van der Waals surface area contributed by atoms with E-state index in [2.05, 4.69) is 5.92 Å². The molecule has 1 N–H and O–H groups in total. The minimum Gasteiger partial charge on any atom is -0.392 e. The first-order valence-electron chi connectivity index (χ1n) is 5.47. The van der Waals surface area contributed by atoms with E-state index in [4.69, 9.17) is 11.2 Å². The van der Waals surface area contributed by atoms with Crippen molar-refractivity contribution >= 4 is 5.91 Å². The number of ether oxygens (including phenoxy) is 1. The zero-order chi connectivity index (χ0) is 12.6. The van der Waals surface area contributed by atoms with Crippen molar-refractivity contribution in [3.63, 3.8) is 0 Å². The van der Waals surface area contributed by atoms with Gasteiger partial charge >= 0.3 is 0 Å². The lowest BCUT2D eigenvalue weighted by atomic mass is 10.2. The molecule has 0 bridgehead atoms. The van der Waals surface area contributed by atoms with E-state index in [1.54, 1.807) is 11.8 Å². The van der Waals surface area contributed by atoms with Gasteiger partial charge in [0.05, 0.1) is 19.1 Å². The summed E-state index contributed by atoms with van der Waals surface area (Å²) in [6, 6.07) is 0.0785. The highest BCUT2D eigenvalue weighted by atomic mass is 16.5. The predicted octanol–water partition coefficient (Wildman–Crippen LogP) is 0.644. The topological polar surface area (TPSA) is 49.8 Å². The van der Waals surface area contributed by atoms with Crippen LogP contribution in [-0.2, 0) is 9.53 Å². The average Bonchev–Trinajstić information content (AvgIpc) is 2.20. The third-order valence-corrected chi connectivity index (χ3v) is 2.05. The Morgan fingerprint density at radius 1 is 1.50 bits per heavy atom. The molecule has 1 unspecified atom stereocenters. The molecule has 0 aliphatic heterocycles. The Labute approximate surface area is 97.6 Å². The molecule has 0 heterocycles. The van der Waals surface area contributed by atoms with Crippen molar-refractivity contribution in [1.29, 1.82) is 0 Å². The summed E-state index contributed by atoms with van der Waals surface area (Å²) < 4.78 is 5.04. The van der Waals surface area contributed by atoms with Gasteiger partial charge in [-0.05, 0) is 20.8 Å². The van der Waals surface area contributed by atoms with Gasteiger partial charge in [0.1, 0.15) is 6.61 Å². The fraction of sp³-hybridized carbons (Fsp3) is 0.750. The van der Waals surface area contributed by atoms with Crippen LogP contribution in [0.25, 0.3) is 0 Å². The van der Waals surface area contributed by atoms with Crippen molar-refractivity contribution < 1.29 is 14.6 Å². The number of rotatable bonds is 7. The van der Waals surface area contributed by atoms with Gasteiger partial charge in [0.15, 0.2) is 0 Å². The Bertz CT molecular complexity index is 243. The van der Waals surface area contributed by atoms with Crippen LogP contribution >= 0.6 is 0 Å². The minimum absolute atomic E-state index is 0.0204. The number of terminal acetylenes is 1. The normalized spacial score (nSPS) is 12.2. The smallest absolute Gasteiger partial charge is 0.225 e. The molecule has 0 spiro atoms. The summed E-state index contributed by atoms with van der Waals surface area (Å²) in [6.07, 6.45) is 4.80. The van der Waals surface area contributed by atoms with Gasteiger partial charge in [0.25, 0.3) is 0 Å². The molecular weight excluding hydrogens is 206 g/mol. The maximum Gasteiger partial charge on any atom is 0.225 e. The predicted molar refractivity (Wildman–Crippen MR) is 62.8 cm³/mol. The zero-order valence-electron chi connectivity index (χ0n) is 10.3. The Kier molecular flexibility index (Phi) is 7.61. The van der Waals surface area contributed by atoms with Gasteiger partial charge < -0.3 is 14.7 Å². The van der Waals surface area contributed by atoms with Crippen molar-refractivity contribution in [3.8, 4) is 12.3 Å². The molecule has 0 saturated carbocycles. The molecule has 4 nitrogen and oxygen atoms in total. The molecule has 0 saturated heterocycles. The van der Waals surface area contributed by atoms with Crippen LogP contribution in [0.15, 0.2) is 0 Å². The monoisotopic (exact) mass is 227 g/mol. The molecule has 0 aromatic rings. The number of carbonyl (C=O) groups is 1. The van der Waals surface area contributed by atoms with Gasteiger partial charge in [-0.15, -0.1) is 6.42 Å². The van der Waals surface area contributed by atoms with Gasteiger partial charge in [0, 0.05) is 12.6 Å². The number of aliphatic hydroxyl groups is 1. The largest absolute Gasteiger partial charge is 0.392 e. The highest BCUT2D eigenvalue weighted by Gasteiger charge is 2.17. The molecule has 4 heteroatoms. The van der Waals surface area contributed by atoms with E-state index >= 15 is 0 Å². The summed E-state index contributed by atoms with van der Waals surface area (Å²) in [5.74, 6) is 2.32. The lowest BCUT2D eigenvalue weighted by Gasteiger charge is -2.28. The van der Waals surface area contributed by atoms with E-state index in [-0.39, 0.29) is 18.6 Å². The molecule has 92 valence electrons. The van der Waals surface area contributed by atoms with Gasteiger partial charge in [-0.3, -0.25) is 4.79 Å². The third kappa shape index (κ3) is 6.44.